The van der Waals surface area contributed by atoms with Crippen LogP contribution in [0.15, 0.2) is 12.2 Å². The molecule has 0 saturated carbocycles. The van der Waals surface area contributed by atoms with Crippen LogP contribution in [0, 0.1) is 5.92 Å². The number of hydrogen-bond acceptors (Lipinski definition) is 4. The lowest BCUT2D eigenvalue weighted by molar-refractivity contribution is -0.165. The summed E-state index contributed by atoms with van der Waals surface area (Å²) >= 11 is 0. The Hall–Kier alpha value is -1.32. The standard InChI is InChI=1S/C10H16O4/c1-7(2)5-9(11)13-6-14-10(12)8(3)4/h7H,3,5-6H2,1-2,4H3. The van der Waals surface area contributed by atoms with Crippen LogP contribution in [-0.4, -0.2) is 18.7 Å². The van der Waals surface area contributed by atoms with Crippen LogP contribution in [0.3, 0.4) is 0 Å². The second kappa shape index (κ2) is 6.18. The van der Waals surface area contributed by atoms with Gasteiger partial charge in [-0.05, 0) is 12.8 Å². The Morgan fingerprint density at radius 1 is 1.29 bits per heavy atom. The first-order valence-electron chi connectivity index (χ1n) is 4.41. The van der Waals surface area contributed by atoms with Crippen LogP contribution in [0.1, 0.15) is 27.2 Å². The van der Waals surface area contributed by atoms with Gasteiger partial charge in [0.2, 0.25) is 6.79 Å². The van der Waals surface area contributed by atoms with Gasteiger partial charge in [-0.15, -0.1) is 0 Å². The van der Waals surface area contributed by atoms with Gasteiger partial charge in [-0.1, -0.05) is 20.4 Å². The molecule has 0 aliphatic heterocycles. The van der Waals surface area contributed by atoms with E-state index in [1.54, 1.807) is 0 Å². The molecule has 0 spiro atoms. The molecular formula is C10H16O4. The highest BCUT2D eigenvalue weighted by molar-refractivity contribution is 5.86. The van der Waals surface area contributed by atoms with E-state index in [-0.39, 0.29) is 24.3 Å². The van der Waals surface area contributed by atoms with Gasteiger partial charge in [0.25, 0.3) is 0 Å². The summed E-state index contributed by atoms with van der Waals surface area (Å²) in [7, 11) is 0. The fourth-order valence-electron chi connectivity index (χ4n) is 0.664. The van der Waals surface area contributed by atoms with Crippen LogP contribution >= 0.6 is 0 Å². The number of carbonyl (C=O) groups is 2. The van der Waals surface area contributed by atoms with Gasteiger partial charge < -0.3 is 9.47 Å². The third kappa shape index (κ3) is 6.22. The van der Waals surface area contributed by atoms with Crippen molar-refractivity contribution in [2.24, 2.45) is 5.92 Å². The van der Waals surface area contributed by atoms with Crippen LogP contribution in [0.4, 0.5) is 0 Å². The summed E-state index contributed by atoms with van der Waals surface area (Å²) in [6.07, 6.45) is 0.324. The molecule has 80 valence electrons. The van der Waals surface area contributed by atoms with Crippen molar-refractivity contribution in [3.05, 3.63) is 12.2 Å². The Balaban J connectivity index is 3.59. The molecule has 0 aromatic carbocycles. The van der Waals surface area contributed by atoms with Crippen molar-refractivity contribution in [3.63, 3.8) is 0 Å². The molecule has 0 amide bonds. The summed E-state index contributed by atoms with van der Waals surface area (Å²) in [6.45, 7) is 8.38. The Bertz CT molecular complexity index is 230. The first-order chi connectivity index (χ1) is 6.43. The lowest BCUT2D eigenvalue weighted by Crippen LogP contribution is -2.14. The smallest absolute Gasteiger partial charge is 0.335 e. The van der Waals surface area contributed by atoms with Crippen LogP contribution in [0.25, 0.3) is 0 Å². The van der Waals surface area contributed by atoms with E-state index in [1.165, 1.54) is 6.92 Å². The maximum atomic E-state index is 11.0. The summed E-state index contributed by atoms with van der Waals surface area (Å²) in [4.78, 5) is 21.8. The van der Waals surface area contributed by atoms with E-state index >= 15 is 0 Å². The van der Waals surface area contributed by atoms with E-state index in [0.717, 1.165) is 0 Å². The minimum Gasteiger partial charge on any atom is -0.428 e. The third-order valence-electron chi connectivity index (χ3n) is 1.33. The Labute approximate surface area is 83.9 Å². The number of rotatable bonds is 5. The monoisotopic (exact) mass is 200 g/mol. The minimum absolute atomic E-state index is 0.236. The van der Waals surface area contributed by atoms with Crippen molar-refractivity contribution in [2.45, 2.75) is 27.2 Å². The zero-order valence-electron chi connectivity index (χ0n) is 8.83. The Morgan fingerprint density at radius 3 is 2.29 bits per heavy atom. The quantitative estimate of drug-likeness (QED) is 0.384. The molecule has 0 rings (SSSR count). The van der Waals surface area contributed by atoms with Gasteiger partial charge in [0.15, 0.2) is 0 Å². The average molecular weight is 200 g/mol. The molecule has 0 heterocycles. The van der Waals surface area contributed by atoms with Crippen molar-refractivity contribution in [1.82, 2.24) is 0 Å². The SMILES string of the molecule is C=C(C)C(=O)OCOC(=O)CC(C)C. The maximum absolute atomic E-state index is 11.0. The summed E-state index contributed by atoms with van der Waals surface area (Å²) in [5.74, 6) is -0.684. The number of hydrogen-bond donors (Lipinski definition) is 0. The summed E-state index contributed by atoms with van der Waals surface area (Å²) in [6, 6.07) is 0. The molecule has 0 bridgehead atoms. The van der Waals surface area contributed by atoms with Crippen molar-refractivity contribution in [2.75, 3.05) is 6.79 Å². The molecule has 4 heteroatoms. The van der Waals surface area contributed by atoms with E-state index in [9.17, 15) is 9.59 Å². The van der Waals surface area contributed by atoms with Crippen molar-refractivity contribution >= 4 is 11.9 Å². The van der Waals surface area contributed by atoms with E-state index in [2.05, 4.69) is 16.1 Å². The van der Waals surface area contributed by atoms with Gasteiger partial charge in [0.1, 0.15) is 0 Å². The average Bonchev–Trinajstić information content (AvgIpc) is 2.02. The molecule has 0 fully saturated rings. The zero-order valence-corrected chi connectivity index (χ0v) is 8.83. The van der Waals surface area contributed by atoms with Gasteiger partial charge in [-0.25, -0.2) is 4.79 Å². The molecule has 0 saturated heterocycles. The molecular weight excluding hydrogens is 184 g/mol. The van der Waals surface area contributed by atoms with Crippen molar-refractivity contribution in [1.29, 1.82) is 0 Å². The second-order valence-electron chi connectivity index (χ2n) is 3.44. The predicted molar refractivity (Wildman–Crippen MR) is 51.3 cm³/mol. The van der Waals surface area contributed by atoms with Crippen LogP contribution in [-0.2, 0) is 19.1 Å². The molecule has 0 aromatic heterocycles. The molecule has 0 aliphatic carbocycles. The highest BCUT2D eigenvalue weighted by atomic mass is 16.7. The topological polar surface area (TPSA) is 52.6 Å². The van der Waals surface area contributed by atoms with E-state index < -0.39 is 5.97 Å². The fourth-order valence-corrected chi connectivity index (χ4v) is 0.664. The highest BCUT2D eigenvalue weighted by Gasteiger charge is 2.07. The third-order valence-corrected chi connectivity index (χ3v) is 1.33. The molecule has 0 aliphatic rings. The van der Waals surface area contributed by atoms with Crippen molar-refractivity contribution < 1.29 is 19.1 Å². The normalized spacial score (nSPS) is 9.71. The minimum atomic E-state index is -0.553. The molecule has 0 unspecified atom stereocenters. The molecule has 14 heavy (non-hydrogen) atoms. The fraction of sp³-hybridized carbons (Fsp3) is 0.600. The lowest BCUT2D eigenvalue weighted by Gasteiger charge is -2.06. The maximum Gasteiger partial charge on any atom is 0.335 e. The van der Waals surface area contributed by atoms with E-state index in [1.807, 2.05) is 13.8 Å². The highest BCUT2D eigenvalue weighted by Crippen LogP contribution is 2.01. The summed E-state index contributed by atoms with van der Waals surface area (Å²) < 4.78 is 9.22. The van der Waals surface area contributed by atoms with Gasteiger partial charge in [-0.2, -0.15) is 0 Å². The van der Waals surface area contributed by atoms with E-state index in [4.69, 9.17) is 0 Å². The predicted octanol–water partition coefficient (Wildman–Crippen LogP) is 1.65. The largest absolute Gasteiger partial charge is 0.428 e. The van der Waals surface area contributed by atoms with Gasteiger partial charge >= 0.3 is 11.9 Å². The van der Waals surface area contributed by atoms with E-state index in [0.29, 0.717) is 6.42 Å². The van der Waals surface area contributed by atoms with Gasteiger partial charge in [0.05, 0.1) is 0 Å². The molecule has 0 radical (unpaired) electrons. The molecule has 4 nitrogen and oxygen atoms in total. The molecule has 0 aromatic rings. The molecule has 0 atom stereocenters. The summed E-state index contributed by atoms with van der Waals surface area (Å²) in [5.41, 5.74) is 0.282. The van der Waals surface area contributed by atoms with Crippen LogP contribution < -0.4 is 0 Å². The zero-order chi connectivity index (χ0) is 11.1. The molecule has 0 N–H and O–H groups in total. The number of carbonyl (C=O) groups excluding carboxylic acids is 2. The van der Waals surface area contributed by atoms with Crippen LogP contribution in [0.5, 0.6) is 0 Å². The van der Waals surface area contributed by atoms with Crippen LogP contribution in [0.2, 0.25) is 0 Å². The Morgan fingerprint density at radius 2 is 1.86 bits per heavy atom. The Kier molecular flexibility index (Phi) is 5.60. The van der Waals surface area contributed by atoms with Gasteiger partial charge in [-0.3, -0.25) is 4.79 Å². The lowest BCUT2D eigenvalue weighted by atomic mass is 10.1. The second-order valence-corrected chi connectivity index (χ2v) is 3.44. The van der Waals surface area contributed by atoms with Gasteiger partial charge in [0, 0.05) is 12.0 Å². The number of esters is 2. The van der Waals surface area contributed by atoms with Crippen molar-refractivity contribution in [3.8, 4) is 0 Å². The first kappa shape index (κ1) is 12.7. The first-order valence-corrected chi connectivity index (χ1v) is 4.41. The number of ether oxygens (including phenoxy) is 2. The summed E-state index contributed by atoms with van der Waals surface area (Å²) in [5, 5.41) is 0.